The summed E-state index contributed by atoms with van der Waals surface area (Å²) in [4.78, 5) is 0.391. The number of hydrogen-bond acceptors (Lipinski definition) is 3. The molecule has 0 aliphatic heterocycles. The first-order chi connectivity index (χ1) is 9.87. The third-order valence-electron chi connectivity index (χ3n) is 4.00. The van der Waals surface area contributed by atoms with Gasteiger partial charge in [-0.05, 0) is 57.2 Å². The number of hydrogen-bond donors (Lipinski definition) is 2. The van der Waals surface area contributed by atoms with E-state index in [0.717, 1.165) is 31.4 Å². The molecule has 2 N–H and O–H groups in total. The quantitative estimate of drug-likeness (QED) is 0.726. The average molecular weight is 310 g/mol. The van der Waals surface area contributed by atoms with E-state index >= 15 is 0 Å². The van der Waals surface area contributed by atoms with Crippen molar-refractivity contribution < 1.29 is 8.42 Å². The van der Waals surface area contributed by atoms with Crippen LogP contribution in [0.15, 0.2) is 29.2 Å². The van der Waals surface area contributed by atoms with Crippen molar-refractivity contribution in [3.05, 3.63) is 29.8 Å². The van der Waals surface area contributed by atoms with Gasteiger partial charge in [-0.25, -0.2) is 13.1 Å². The van der Waals surface area contributed by atoms with Crippen LogP contribution in [0.5, 0.6) is 0 Å². The van der Waals surface area contributed by atoms with Crippen molar-refractivity contribution in [2.75, 3.05) is 6.54 Å². The maximum atomic E-state index is 12.7. The molecule has 1 saturated carbocycles. The summed E-state index contributed by atoms with van der Waals surface area (Å²) in [5.74, 6) is 0.456. The maximum Gasteiger partial charge on any atom is 0.241 e. The van der Waals surface area contributed by atoms with E-state index in [1.165, 1.54) is 0 Å². The molecular formula is C16H26N2O2S. The summed E-state index contributed by atoms with van der Waals surface area (Å²) < 4.78 is 28.3. The molecule has 4 nitrogen and oxygen atoms in total. The van der Waals surface area contributed by atoms with Gasteiger partial charge in [-0.1, -0.05) is 25.1 Å². The molecule has 1 aliphatic rings. The number of benzene rings is 1. The molecule has 1 aromatic rings. The first kappa shape index (κ1) is 16.5. The van der Waals surface area contributed by atoms with Crippen molar-refractivity contribution in [3.63, 3.8) is 0 Å². The zero-order valence-electron chi connectivity index (χ0n) is 13.1. The number of nitrogens with one attached hydrogen (secondary N) is 2. The monoisotopic (exact) mass is 310 g/mol. The molecule has 2 rings (SSSR count). The van der Waals surface area contributed by atoms with Gasteiger partial charge in [0, 0.05) is 12.1 Å². The fraction of sp³-hybridized carbons (Fsp3) is 0.625. The standard InChI is InChI=1S/C16H26N2O2S/c1-4-11-17-12-13-7-5-6-8-15(13)21(19,20)18-16(2,3)14-9-10-14/h5-8,14,17-18H,4,9-12H2,1-3H3. The Balaban J connectivity index is 2.19. The summed E-state index contributed by atoms with van der Waals surface area (Å²) in [5.41, 5.74) is 0.452. The summed E-state index contributed by atoms with van der Waals surface area (Å²) in [6.45, 7) is 7.50. The van der Waals surface area contributed by atoms with Gasteiger partial charge in [-0.3, -0.25) is 0 Å². The molecule has 21 heavy (non-hydrogen) atoms. The smallest absolute Gasteiger partial charge is 0.241 e. The Morgan fingerprint density at radius 1 is 1.24 bits per heavy atom. The molecule has 0 unspecified atom stereocenters. The molecule has 0 atom stereocenters. The third-order valence-corrected chi connectivity index (χ3v) is 5.77. The zero-order chi connectivity index (χ0) is 15.5. The lowest BCUT2D eigenvalue weighted by Gasteiger charge is -2.26. The van der Waals surface area contributed by atoms with Gasteiger partial charge in [0.2, 0.25) is 10.0 Å². The minimum absolute atomic E-state index is 0.372. The summed E-state index contributed by atoms with van der Waals surface area (Å²) in [6, 6.07) is 7.23. The summed E-state index contributed by atoms with van der Waals surface area (Å²) in [7, 11) is -3.48. The molecule has 0 bridgehead atoms. The average Bonchev–Trinajstić information content (AvgIpc) is 3.23. The van der Waals surface area contributed by atoms with Crippen LogP contribution in [0.25, 0.3) is 0 Å². The fourth-order valence-electron chi connectivity index (χ4n) is 2.60. The molecule has 1 aromatic carbocycles. The van der Waals surface area contributed by atoms with E-state index in [0.29, 0.717) is 17.4 Å². The van der Waals surface area contributed by atoms with Crippen LogP contribution in [0.4, 0.5) is 0 Å². The van der Waals surface area contributed by atoms with Crippen LogP contribution in [0.1, 0.15) is 45.6 Å². The lowest BCUT2D eigenvalue weighted by Crippen LogP contribution is -2.45. The molecule has 0 spiro atoms. The second-order valence-corrected chi connectivity index (χ2v) is 8.04. The van der Waals surface area contributed by atoms with E-state index in [2.05, 4.69) is 17.0 Å². The molecule has 0 amide bonds. The van der Waals surface area contributed by atoms with Crippen LogP contribution in [-0.2, 0) is 16.6 Å². The van der Waals surface area contributed by atoms with Crippen molar-refractivity contribution in [1.82, 2.24) is 10.0 Å². The Bertz CT molecular complexity index is 578. The molecule has 1 fully saturated rings. The van der Waals surface area contributed by atoms with Crippen molar-refractivity contribution in [1.29, 1.82) is 0 Å². The summed E-state index contributed by atoms with van der Waals surface area (Å²) in [5, 5.41) is 3.27. The third kappa shape index (κ3) is 4.28. The normalized spacial score (nSPS) is 16.1. The van der Waals surface area contributed by atoms with Crippen LogP contribution in [0.2, 0.25) is 0 Å². The summed E-state index contributed by atoms with van der Waals surface area (Å²) >= 11 is 0. The molecule has 0 radical (unpaired) electrons. The highest BCUT2D eigenvalue weighted by Gasteiger charge is 2.40. The first-order valence-electron chi connectivity index (χ1n) is 7.69. The zero-order valence-corrected chi connectivity index (χ0v) is 14.0. The maximum absolute atomic E-state index is 12.7. The lowest BCUT2D eigenvalue weighted by molar-refractivity contribution is 0.400. The molecular weight excluding hydrogens is 284 g/mol. The van der Waals surface area contributed by atoms with Gasteiger partial charge in [0.25, 0.3) is 0 Å². The van der Waals surface area contributed by atoms with Gasteiger partial charge in [0.15, 0.2) is 0 Å². The SMILES string of the molecule is CCCNCc1ccccc1S(=O)(=O)NC(C)(C)C1CC1. The van der Waals surface area contributed by atoms with Gasteiger partial charge >= 0.3 is 0 Å². The topological polar surface area (TPSA) is 58.2 Å². The second-order valence-electron chi connectivity index (χ2n) is 6.39. The Kier molecular flexibility index (Phi) is 5.07. The van der Waals surface area contributed by atoms with E-state index < -0.39 is 10.0 Å². The van der Waals surface area contributed by atoms with Crippen molar-refractivity contribution >= 4 is 10.0 Å². The van der Waals surface area contributed by atoms with Gasteiger partial charge in [-0.15, -0.1) is 0 Å². The minimum Gasteiger partial charge on any atom is -0.313 e. The van der Waals surface area contributed by atoms with E-state index in [9.17, 15) is 8.42 Å². The van der Waals surface area contributed by atoms with E-state index in [1.54, 1.807) is 12.1 Å². The van der Waals surface area contributed by atoms with Crippen molar-refractivity contribution in [2.24, 2.45) is 5.92 Å². The molecule has 0 heterocycles. The van der Waals surface area contributed by atoms with Gasteiger partial charge in [-0.2, -0.15) is 0 Å². The molecule has 118 valence electrons. The molecule has 0 aromatic heterocycles. The van der Waals surface area contributed by atoms with Crippen molar-refractivity contribution in [2.45, 2.75) is 57.0 Å². The largest absolute Gasteiger partial charge is 0.313 e. The minimum atomic E-state index is -3.48. The van der Waals surface area contributed by atoms with Crippen LogP contribution in [-0.4, -0.2) is 20.5 Å². The van der Waals surface area contributed by atoms with Gasteiger partial charge in [0.1, 0.15) is 0 Å². The predicted molar refractivity (Wildman–Crippen MR) is 85.6 cm³/mol. The highest BCUT2D eigenvalue weighted by atomic mass is 32.2. The van der Waals surface area contributed by atoms with Crippen LogP contribution in [0, 0.1) is 5.92 Å². The fourth-order valence-corrected chi connectivity index (χ4v) is 4.31. The summed E-state index contributed by atoms with van der Waals surface area (Å²) in [6.07, 6.45) is 3.24. The highest BCUT2D eigenvalue weighted by Crippen LogP contribution is 2.40. The van der Waals surface area contributed by atoms with Crippen LogP contribution < -0.4 is 10.0 Å². The Hall–Kier alpha value is -0.910. The lowest BCUT2D eigenvalue weighted by atomic mass is 10.0. The van der Waals surface area contributed by atoms with Crippen LogP contribution >= 0.6 is 0 Å². The number of rotatable bonds is 8. The van der Waals surface area contributed by atoms with Gasteiger partial charge < -0.3 is 5.32 Å². The van der Waals surface area contributed by atoms with Crippen molar-refractivity contribution in [3.8, 4) is 0 Å². The Morgan fingerprint density at radius 3 is 2.52 bits per heavy atom. The van der Waals surface area contributed by atoms with Crippen LogP contribution in [0.3, 0.4) is 0 Å². The highest BCUT2D eigenvalue weighted by molar-refractivity contribution is 7.89. The number of sulfonamides is 1. The molecule has 0 saturated heterocycles. The Morgan fingerprint density at radius 2 is 1.90 bits per heavy atom. The first-order valence-corrected chi connectivity index (χ1v) is 9.18. The van der Waals surface area contributed by atoms with E-state index in [4.69, 9.17) is 0 Å². The predicted octanol–water partition coefficient (Wildman–Crippen LogP) is 2.65. The Labute approximate surface area is 128 Å². The van der Waals surface area contributed by atoms with E-state index in [1.807, 2.05) is 26.0 Å². The molecule has 1 aliphatic carbocycles. The van der Waals surface area contributed by atoms with Gasteiger partial charge in [0.05, 0.1) is 4.90 Å². The molecule has 5 heteroatoms. The van der Waals surface area contributed by atoms with E-state index in [-0.39, 0.29) is 5.54 Å². The second kappa shape index (κ2) is 6.46.